The highest BCUT2D eigenvalue weighted by atomic mass is 16.4. The summed E-state index contributed by atoms with van der Waals surface area (Å²) in [5, 5.41) is 26.8. The van der Waals surface area contributed by atoms with E-state index in [1.54, 1.807) is 0 Å². The third-order valence-corrected chi connectivity index (χ3v) is 1.73. The zero-order valence-corrected chi connectivity index (χ0v) is 6.98. The molecule has 0 fully saturated rings. The van der Waals surface area contributed by atoms with Crippen molar-refractivity contribution in [2.75, 3.05) is 0 Å². The van der Waals surface area contributed by atoms with E-state index in [1.165, 1.54) is 6.92 Å². The number of pyridine rings is 1. The van der Waals surface area contributed by atoms with Crippen LogP contribution in [0.1, 0.15) is 21.6 Å². The molecule has 0 atom stereocenters. The first-order valence-electron chi connectivity index (χ1n) is 3.59. The number of aliphatic hydroxyl groups is 1. The minimum absolute atomic E-state index is 0.000000000000000444. The second kappa shape index (κ2) is 3.40. The molecule has 0 aliphatic rings. The fourth-order valence-electron chi connectivity index (χ4n) is 0.991. The number of nitrogens with zero attached hydrogens (tertiary/aromatic N) is 1. The molecule has 0 unspecified atom stereocenters. The Balaban J connectivity index is 3.38. The van der Waals surface area contributed by atoms with Gasteiger partial charge in [-0.05, 0) is 6.92 Å². The van der Waals surface area contributed by atoms with E-state index < -0.39 is 12.6 Å². The van der Waals surface area contributed by atoms with Crippen molar-refractivity contribution in [3.63, 3.8) is 0 Å². The quantitative estimate of drug-likeness (QED) is 0.612. The van der Waals surface area contributed by atoms with Crippen molar-refractivity contribution >= 4 is 5.97 Å². The third-order valence-electron chi connectivity index (χ3n) is 1.73. The number of aliphatic hydroxyl groups excluding tert-OH is 1. The fraction of sp³-hybridized carbons (Fsp3) is 0.250. The molecular weight excluding hydrogens is 174 g/mol. The van der Waals surface area contributed by atoms with Gasteiger partial charge in [0.15, 0.2) is 0 Å². The summed E-state index contributed by atoms with van der Waals surface area (Å²) in [6, 6.07) is 0. The highest BCUT2D eigenvalue weighted by molar-refractivity contribution is 5.89. The Morgan fingerprint density at radius 3 is 2.69 bits per heavy atom. The van der Waals surface area contributed by atoms with Gasteiger partial charge in [-0.25, -0.2) is 4.79 Å². The first-order valence-corrected chi connectivity index (χ1v) is 3.59. The molecule has 1 aromatic heterocycles. The maximum atomic E-state index is 10.6. The minimum atomic E-state index is -1.22. The lowest BCUT2D eigenvalue weighted by Gasteiger charge is -2.06. The lowest BCUT2D eigenvalue weighted by molar-refractivity contribution is 0.0692. The van der Waals surface area contributed by atoms with Crippen LogP contribution in [0.2, 0.25) is 0 Å². The molecule has 0 aliphatic heterocycles. The average Bonchev–Trinajstić information content (AvgIpc) is 2.09. The van der Waals surface area contributed by atoms with E-state index in [9.17, 15) is 9.90 Å². The topological polar surface area (TPSA) is 90.7 Å². The zero-order valence-electron chi connectivity index (χ0n) is 6.98. The molecule has 0 radical (unpaired) electrons. The lowest BCUT2D eigenvalue weighted by Crippen LogP contribution is -2.05. The van der Waals surface area contributed by atoms with Gasteiger partial charge in [0.1, 0.15) is 5.75 Å². The zero-order chi connectivity index (χ0) is 10.0. The average molecular weight is 183 g/mol. The summed E-state index contributed by atoms with van der Waals surface area (Å²) in [6.07, 6.45) is 1.11. The molecule has 0 amide bonds. The number of aryl methyl sites for hydroxylation is 1. The molecule has 0 bridgehead atoms. The molecule has 13 heavy (non-hydrogen) atoms. The van der Waals surface area contributed by atoms with Crippen molar-refractivity contribution in [3.8, 4) is 5.75 Å². The highest BCUT2D eigenvalue weighted by Gasteiger charge is 2.15. The van der Waals surface area contributed by atoms with E-state index in [-0.39, 0.29) is 16.9 Å². The van der Waals surface area contributed by atoms with E-state index in [1.807, 2.05) is 0 Å². The van der Waals surface area contributed by atoms with Gasteiger partial charge < -0.3 is 15.3 Å². The molecular formula is C8H9NO4. The van der Waals surface area contributed by atoms with Gasteiger partial charge in [0, 0.05) is 11.8 Å². The molecule has 0 aromatic carbocycles. The number of hydrogen-bond acceptors (Lipinski definition) is 4. The second-order valence-electron chi connectivity index (χ2n) is 2.55. The van der Waals surface area contributed by atoms with Crippen LogP contribution in [0.4, 0.5) is 0 Å². The molecule has 1 heterocycles. The van der Waals surface area contributed by atoms with Crippen molar-refractivity contribution < 1.29 is 20.1 Å². The van der Waals surface area contributed by atoms with Crippen LogP contribution in [0.5, 0.6) is 5.75 Å². The van der Waals surface area contributed by atoms with E-state index >= 15 is 0 Å². The van der Waals surface area contributed by atoms with Crippen LogP contribution in [0.25, 0.3) is 0 Å². The molecule has 5 nitrogen and oxygen atoms in total. The molecule has 1 aromatic rings. The van der Waals surface area contributed by atoms with Gasteiger partial charge in [-0.1, -0.05) is 0 Å². The summed E-state index contributed by atoms with van der Waals surface area (Å²) in [5.41, 5.74) is 0.125. The Labute approximate surface area is 74.3 Å². The maximum Gasteiger partial charge on any atom is 0.337 e. The Kier molecular flexibility index (Phi) is 2.48. The molecule has 1 rings (SSSR count). The number of carboxylic acid groups (broad SMARTS) is 1. The first-order chi connectivity index (χ1) is 6.07. The van der Waals surface area contributed by atoms with Crippen LogP contribution in [0.3, 0.4) is 0 Å². The summed E-state index contributed by atoms with van der Waals surface area (Å²) >= 11 is 0. The largest absolute Gasteiger partial charge is 0.506 e. The van der Waals surface area contributed by atoms with Crippen LogP contribution in [0, 0.1) is 6.92 Å². The van der Waals surface area contributed by atoms with Crippen LogP contribution in [-0.4, -0.2) is 26.3 Å². The second-order valence-corrected chi connectivity index (χ2v) is 2.55. The first kappa shape index (κ1) is 9.47. The molecule has 3 N–H and O–H groups in total. The van der Waals surface area contributed by atoms with Crippen molar-refractivity contribution in [2.24, 2.45) is 0 Å². The summed E-state index contributed by atoms with van der Waals surface area (Å²) < 4.78 is 0. The predicted molar refractivity (Wildman–Crippen MR) is 43.5 cm³/mol. The summed E-state index contributed by atoms with van der Waals surface area (Å²) in [4.78, 5) is 14.2. The van der Waals surface area contributed by atoms with Gasteiger partial charge >= 0.3 is 5.97 Å². The predicted octanol–water partition coefficient (Wildman–Crippen LogP) is 0.286. The van der Waals surface area contributed by atoms with Crippen LogP contribution in [-0.2, 0) is 6.61 Å². The molecule has 5 heteroatoms. The molecule has 0 aliphatic carbocycles. The van der Waals surface area contributed by atoms with Gasteiger partial charge in [-0.2, -0.15) is 0 Å². The number of hydrogen-bond donors (Lipinski definition) is 3. The SMILES string of the molecule is Cc1ncc(C(=O)O)c(CO)c1O. The number of rotatable bonds is 2. The molecule has 0 spiro atoms. The summed E-state index contributed by atoms with van der Waals surface area (Å²) in [5.74, 6) is -1.48. The van der Waals surface area contributed by atoms with Gasteiger partial charge in [-0.3, -0.25) is 4.98 Å². The fourth-order valence-corrected chi connectivity index (χ4v) is 0.991. The number of carbonyl (C=O) groups is 1. The summed E-state index contributed by atoms with van der Waals surface area (Å²) in [7, 11) is 0. The Hall–Kier alpha value is -1.62. The van der Waals surface area contributed by atoms with Gasteiger partial charge in [0.2, 0.25) is 0 Å². The van der Waals surface area contributed by atoms with E-state index in [0.29, 0.717) is 5.69 Å². The summed E-state index contributed by atoms with van der Waals surface area (Å²) in [6.45, 7) is 1.01. The van der Waals surface area contributed by atoms with Crippen molar-refractivity contribution in [2.45, 2.75) is 13.5 Å². The molecule has 70 valence electrons. The van der Waals surface area contributed by atoms with Crippen LogP contribution in [0.15, 0.2) is 6.20 Å². The number of aromatic hydroxyl groups is 1. The van der Waals surface area contributed by atoms with Crippen LogP contribution >= 0.6 is 0 Å². The Morgan fingerprint density at radius 1 is 1.62 bits per heavy atom. The van der Waals surface area contributed by atoms with Gasteiger partial charge in [0.25, 0.3) is 0 Å². The van der Waals surface area contributed by atoms with Crippen LogP contribution < -0.4 is 0 Å². The van der Waals surface area contributed by atoms with E-state index in [2.05, 4.69) is 4.98 Å². The smallest absolute Gasteiger partial charge is 0.337 e. The number of aromatic nitrogens is 1. The van der Waals surface area contributed by atoms with Crippen molar-refractivity contribution in [1.29, 1.82) is 0 Å². The Bertz CT molecular complexity index is 348. The molecule has 0 saturated carbocycles. The van der Waals surface area contributed by atoms with E-state index in [4.69, 9.17) is 10.2 Å². The number of aromatic carboxylic acids is 1. The highest BCUT2D eigenvalue weighted by Crippen LogP contribution is 2.23. The van der Waals surface area contributed by atoms with E-state index in [0.717, 1.165) is 6.20 Å². The monoisotopic (exact) mass is 183 g/mol. The standard InChI is InChI=1S/C8H9NO4/c1-4-7(11)6(3-10)5(2-9-4)8(12)13/h2,10-11H,3H2,1H3,(H,12,13). The normalized spacial score (nSPS) is 10.0. The van der Waals surface area contributed by atoms with Crippen molar-refractivity contribution in [3.05, 3.63) is 23.0 Å². The third kappa shape index (κ3) is 1.59. The molecule has 0 saturated heterocycles. The number of carboxylic acids is 1. The van der Waals surface area contributed by atoms with Gasteiger partial charge in [-0.15, -0.1) is 0 Å². The Morgan fingerprint density at radius 2 is 2.23 bits per heavy atom. The maximum absolute atomic E-state index is 10.6. The lowest BCUT2D eigenvalue weighted by atomic mass is 10.1. The van der Waals surface area contributed by atoms with Gasteiger partial charge in [0.05, 0.1) is 17.9 Å². The van der Waals surface area contributed by atoms with Crippen molar-refractivity contribution in [1.82, 2.24) is 4.98 Å². The minimum Gasteiger partial charge on any atom is -0.506 e.